The van der Waals surface area contributed by atoms with E-state index in [9.17, 15) is 14.7 Å². The predicted octanol–water partition coefficient (Wildman–Crippen LogP) is -1.60. The molecule has 0 amide bonds. The molecule has 0 saturated heterocycles. The third-order valence-electron chi connectivity index (χ3n) is 2.35. The first kappa shape index (κ1) is 17.2. The molecule has 0 saturated carbocycles. The van der Waals surface area contributed by atoms with Crippen LogP contribution in [0.25, 0.3) is 0 Å². The van der Waals surface area contributed by atoms with Gasteiger partial charge in [0.1, 0.15) is 0 Å². The molecule has 0 aliphatic rings. The second-order valence-electron chi connectivity index (χ2n) is 3.68. The zero-order chi connectivity index (χ0) is 12.7. The first-order chi connectivity index (χ1) is 8.16. The minimum absolute atomic E-state index is 0. The van der Waals surface area contributed by atoms with Gasteiger partial charge in [0.15, 0.2) is 0 Å². The van der Waals surface area contributed by atoms with E-state index in [1.54, 1.807) is 12.1 Å². The van der Waals surface area contributed by atoms with Gasteiger partial charge in [0, 0.05) is 5.56 Å². The van der Waals surface area contributed by atoms with Gasteiger partial charge in [-0.25, -0.2) is 4.79 Å². The first-order valence-corrected chi connectivity index (χ1v) is 5.64. The molecule has 0 bridgehead atoms. The molecule has 0 atom stereocenters. The Kier molecular flexibility index (Phi) is 8.71. The first-order valence-electron chi connectivity index (χ1n) is 5.64. The Morgan fingerprint density at radius 3 is 2.33 bits per heavy atom. The van der Waals surface area contributed by atoms with Crippen LogP contribution in [0.2, 0.25) is 0 Å². The number of hydrogen-bond acceptors (Lipinski definition) is 4. The molecule has 0 spiro atoms. The van der Waals surface area contributed by atoms with Crippen molar-refractivity contribution in [2.45, 2.75) is 26.2 Å². The average molecular weight is 258 g/mol. The van der Waals surface area contributed by atoms with Crippen LogP contribution in [-0.4, -0.2) is 18.5 Å². The number of hydrogen-bond donors (Lipinski definition) is 0. The van der Waals surface area contributed by atoms with Gasteiger partial charge in [-0.1, -0.05) is 38.0 Å². The van der Waals surface area contributed by atoms with Crippen LogP contribution in [0, 0.1) is 0 Å². The van der Waals surface area contributed by atoms with Crippen molar-refractivity contribution in [3.8, 4) is 0 Å². The summed E-state index contributed by atoms with van der Waals surface area (Å²) in [5, 5.41) is 10.8. The molecule has 0 aromatic heterocycles. The molecule has 0 heterocycles. The van der Waals surface area contributed by atoms with E-state index < -0.39 is 11.9 Å². The summed E-state index contributed by atoms with van der Waals surface area (Å²) < 4.78 is 4.99. The standard InChI is InChI=1S/C13H16O4.Na/c1-2-3-6-9-17-13(16)11-8-5-4-7-10(11)12(14)15;/h4-5,7-8H,2-3,6,9H2,1H3,(H,14,15);/q;+1/p-1. The topological polar surface area (TPSA) is 66.4 Å². The second-order valence-corrected chi connectivity index (χ2v) is 3.68. The number of benzene rings is 1. The van der Waals surface area contributed by atoms with Gasteiger partial charge in [-0.05, 0) is 12.5 Å². The monoisotopic (exact) mass is 258 g/mol. The predicted molar refractivity (Wildman–Crippen MR) is 60.6 cm³/mol. The molecular weight excluding hydrogens is 243 g/mol. The Morgan fingerprint density at radius 2 is 1.78 bits per heavy atom. The molecule has 4 nitrogen and oxygen atoms in total. The van der Waals surface area contributed by atoms with Crippen LogP contribution in [-0.2, 0) is 4.74 Å². The van der Waals surface area contributed by atoms with Gasteiger partial charge in [-0.15, -0.1) is 0 Å². The van der Waals surface area contributed by atoms with Crippen molar-refractivity contribution in [1.29, 1.82) is 0 Å². The maximum Gasteiger partial charge on any atom is 1.00 e. The summed E-state index contributed by atoms with van der Waals surface area (Å²) in [7, 11) is 0. The fourth-order valence-electron chi connectivity index (χ4n) is 1.43. The molecular formula is C13H15NaO4. The number of carbonyl (C=O) groups excluding carboxylic acids is 2. The smallest absolute Gasteiger partial charge is 0.545 e. The molecule has 0 unspecified atom stereocenters. The van der Waals surface area contributed by atoms with Crippen LogP contribution in [0.3, 0.4) is 0 Å². The van der Waals surface area contributed by atoms with E-state index >= 15 is 0 Å². The summed E-state index contributed by atoms with van der Waals surface area (Å²) in [6.45, 7) is 2.36. The minimum Gasteiger partial charge on any atom is -0.545 e. The molecule has 0 aliphatic heterocycles. The zero-order valence-electron chi connectivity index (χ0n) is 10.8. The number of unbranched alkanes of at least 4 members (excludes halogenated alkanes) is 2. The molecule has 1 rings (SSSR count). The minimum atomic E-state index is -1.37. The summed E-state index contributed by atoms with van der Waals surface area (Å²) in [6, 6.07) is 5.89. The van der Waals surface area contributed by atoms with Gasteiger partial charge in [0.05, 0.1) is 18.1 Å². The van der Waals surface area contributed by atoms with Crippen molar-refractivity contribution in [3.63, 3.8) is 0 Å². The average Bonchev–Trinajstić information content (AvgIpc) is 2.34. The normalized spacial score (nSPS) is 9.39. The second kappa shape index (κ2) is 9.14. The molecule has 5 heteroatoms. The van der Waals surface area contributed by atoms with Crippen LogP contribution >= 0.6 is 0 Å². The third-order valence-corrected chi connectivity index (χ3v) is 2.35. The Bertz CT molecular complexity index is 404. The number of ether oxygens (including phenoxy) is 1. The fraction of sp³-hybridized carbons (Fsp3) is 0.385. The van der Waals surface area contributed by atoms with Gasteiger partial charge in [0.25, 0.3) is 0 Å². The van der Waals surface area contributed by atoms with E-state index in [1.807, 2.05) is 6.92 Å². The third kappa shape index (κ3) is 5.21. The van der Waals surface area contributed by atoms with Crippen LogP contribution < -0.4 is 34.7 Å². The van der Waals surface area contributed by atoms with Gasteiger partial charge in [-0.3, -0.25) is 0 Å². The summed E-state index contributed by atoms with van der Waals surface area (Å²) in [5.74, 6) is -1.98. The van der Waals surface area contributed by atoms with E-state index in [0.29, 0.717) is 6.61 Å². The molecule has 18 heavy (non-hydrogen) atoms. The van der Waals surface area contributed by atoms with Crippen molar-refractivity contribution in [1.82, 2.24) is 0 Å². The van der Waals surface area contributed by atoms with Crippen molar-refractivity contribution >= 4 is 11.9 Å². The molecule has 0 radical (unpaired) electrons. The number of esters is 1. The molecule has 0 aliphatic carbocycles. The van der Waals surface area contributed by atoms with Gasteiger partial charge in [-0.2, -0.15) is 0 Å². The maximum absolute atomic E-state index is 11.6. The number of carboxylic acid groups (broad SMARTS) is 1. The van der Waals surface area contributed by atoms with Gasteiger partial charge >= 0.3 is 35.5 Å². The van der Waals surface area contributed by atoms with Gasteiger partial charge in [0.2, 0.25) is 0 Å². The van der Waals surface area contributed by atoms with Crippen LogP contribution in [0.5, 0.6) is 0 Å². The van der Waals surface area contributed by atoms with E-state index in [2.05, 4.69) is 0 Å². The van der Waals surface area contributed by atoms with Crippen LogP contribution in [0.4, 0.5) is 0 Å². The van der Waals surface area contributed by atoms with Gasteiger partial charge < -0.3 is 14.6 Å². The fourth-order valence-corrected chi connectivity index (χ4v) is 1.43. The quantitative estimate of drug-likeness (QED) is 0.350. The van der Waals surface area contributed by atoms with E-state index in [4.69, 9.17) is 4.74 Å². The number of carboxylic acids is 1. The molecule has 0 fully saturated rings. The van der Waals surface area contributed by atoms with Crippen LogP contribution in [0.15, 0.2) is 24.3 Å². The Labute approximate surface area is 129 Å². The number of aromatic carboxylic acids is 1. The largest absolute Gasteiger partial charge is 1.00 e. The summed E-state index contributed by atoms with van der Waals surface area (Å²) in [4.78, 5) is 22.4. The van der Waals surface area contributed by atoms with Crippen LogP contribution in [0.1, 0.15) is 46.9 Å². The Hall–Kier alpha value is -0.840. The number of carbonyl (C=O) groups is 2. The van der Waals surface area contributed by atoms with E-state index in [1.165, 1.54) is 12.1 Å². The Morgan fingerprint density at radius 1 is 1.17 bits per heavy atom. The van der Waals surface area contributed by atoms with Crippen molar-refractivity contribution in [2.24, 2.45) is 0 Å². The summed E-state index contributed by atoms with van der Waals surface area (Å²) in [6.07, 6.45) is 2.80. The molecule has 92 valence electrons. The maximum atomic E-state index is 11.6. The van der Waals surface area contributed by atoms with Crippen molar-refractivity contribution in [3.05, 3.63) is 35.4 Å². The van der Waals surface area contributed by atoms with Crippen molar-refractivity contribution < 1.29 is 49.0 Å². The molecule has 1 aromatic carbocycles. The number of rotatable bonds is 6. The summed E-state index contributed by atoms with van der Waals surface area (Å²) >= 11 is 0. The van der Waals surface area contributed by atoms with Crippen molar-refractivity contribution in [2.75, 3.05) is 6.61 Å². The molecule has 0 N–H and O–H groups in total. The SMILES string of the molecule is CCCCCOC(=O)c1ccccc1C(=O)[O-].[Na+]. The van der Waals surface area contributed by atoms with E-state index in [-0.39, 0.29) is 40.7 Å². The van der Waals surface area contributed by atoms with E-state index in [0.717, 1.165) is 19.3 Å². The summed E-state index contributed by atoms with van der Waals surface area (Å²) in [5.41, 5.74) is -0.0861. The zero-order valence-corrected chi connectivity index (χ0v) is 12.8. The Balaban J connectivity index is 0.00000289. The molecule has 1 aromatic rings.